The maximum atomic E-state index is 13.3. The number of aliphatic carboxylic acids is 3. The Balaban J connectivity index is 0.000000162. The van der Waals surface area contributed by atoms with Gasteiger partial charge in [0.05, 0.1) is 35.9 Å². The maximum Gasteiger partial charge on any atom is 0.449 e. The molecule has 0 aliphatic heterocycles. The van der Waals surface area contributed by atoms with E-state index in [-0.39, 0.29) is 36.9 Å². The highest BCUT2D eigenvalue weighted by Gasteiger charge is 2.38. The Labute approximate surface area is 725 Å². The number of alkyl halides is 9. The van der Waals surface area contributed by atoms with Crippen LogP contribution in [0.1, 0.15) is 143 Å². The van der Waals surface area contributed by atoms with Crippen LogP contribution in [0.5, 0.6) is 0 Å². The number of hydrogen-bond acceptors (Lipinski definition) is 9. The molecule has 12 aromatic carbocycles. The fourth-order valence-corrected chi connectivity index (χ4v) is 15.5. The standard InChI is InChI=1S/3C35H32F3NO3/c1-23-14-15-25-9-4-5-13-30(25)31(23)22-39(21-29-16-17-32(42-29)35(36,37)38)20-24-8-6-10-26(18-24)27-11-7-12-28(19-27)34(2,3)33(40)41;1-23-11-12-26-8-4-5-10-30(26)31(23)22-39(21-29-17-18-32(42-29)35(36,37)38)20-24-7-6-9-27(19-24)25-13-15-28(16-14-25)34(2,3)33(40)41;1-23-11-14-26-7-4-5-10-30(26)31(23)22-39(21-29-17-18-32(42-29)35(36,37)38)20-24-12-15-25(16-13-24)27-8-6-9-28(19-27)34(2,3)33(40)41/h3*4-19H,20-22H2,1-3H3,(H,40,41). The second-order valence-electron chi connectivity index (χ2n) is 33.6. The van der Waals surface area contributed by atoms with E-state index in [1.807, 2.05) is 203 Å². The molecule has 15 rings (SSSR count). The first-order valence-electron chi connectivity index (χ1n) is 41.1. The summed E-state index contributed by atoms with van der Waals surface area (Å²) in [5, 5.41) is 35.5. The van der Waals surface area contributed by atoms with Crippen LogP contribution in [-0.2, 0) is 108 Å². The topological polar surface area (TPSA) is 161 Å². The molecule has 0 radical (unpaired) electrons. The molecule has 3 N–H and O–H groups in total. The van der Waals surface area contributed by atoms with E-state index in [9.17, 15) is 69.2 Å². The molecular formula is C105H96F9N3O9. The largest absolute Gasteiger partial charge is 0.481 e. The van der Waals surface area contributed by atoms with Crippen molar-refractivity contribution in [3.05, 3.63) is 393 Å². The van der Waals surface area contributed by atoms with Crippen LogP contribution in [-0.4, -0.2) is 47.9 Å². The maximum absolute atomic E-state index is 13.3. The predicted octanol–water partition coefficient (Wildman–Crippen LogP) is 27.0. The predicted molar refractivity (Wildman–Crippen MR) is 474 cm³/mol. The number of carbonyl (C=O) groups is 3. The summed E-state index contributed by atoms with van der Waals surface area (Å²) in [7, 11) is 0. The molecule has 0 atom stereocenters. The molecular weight excluding hydrogens is 1620 g/mol. The van der Waals surface area contributed by atoms with Crippen LogP contribution in [0.4, 0.5) is 39.5 Å². The normalized spacial score (nSPS) is 12.3. The Hall–Kier alpha value is -13.1. The lowest BCUT2D eigenvalue weighted by atomic mass is 9.83. The second kappa shape index (κ2) is 37.8. The molecule has 0 saturated heterocycles. The van der Waals surface area contributed by atoms with E-state index in [0.29, 0.717) is 56.0 Å². The van der Waals surface area contributed by atoms with Crippen LogP contribution >= 0.6 is 0 Å². The van der Waals surface area contributed by atoms with Crippen LogP contribution in [0, 0.1) is 20.8 Å². The molecule has 0 spiro atoms. The SMILES string of the molecule is Cc1ccc2ccccc2c1CN(Cc1ccc(-c2cccc(C(C)(C)C(=O)O)c2)cc1)Cc1ccc(C(F)(F)F)o1.Cc1ccc2ccccc2c1CN(Cc1cccc(-c2ccc(C(C)(C)C(=O)O)cc2)c1)Cc1ccc(C(F)(F)F)o1.Cc1ccc2ccccc2c1CN(Cc1cccc(-c2cccc(C(C)(C)C(=O)O)c2)c1)Cc1ccc(C(F)(F)F)o1. The molecule has 0 saturated carbocycles. The molecule has 3 aromatic heterocycles. The monoisotopic (exact) mass is 1710 g/mol. The van der Waals surface area contributed by atoms with Gasteiger partial charge in [-0.2, -0.15) is 39.5 Å². The van der Waals surface area contributed by atoms with E-state index in [1.165, 1.54) is 18.2 Å². The third-order valence-electron chi connectivity index (χ3n) is 23.3. The number of hydrogen-bond donors (Lipinski definition) is 3. The van der Waals surface area contributed by atoms with Crippen molar-refractivity contribution >= 4 is 50.2 Å². The third kappa shape index (κ3) is 21.8. The fraction of sp³-hybridized carbons (Fsp3) is 0.229. The molecule has 0 amide bonds. The number of carboxylic acid groups (broad SMARTS) is 3. The molecule has 126 heavy (non-hydrogen) atoms. The van der Waals surface area contributed by atoms with Crippen molar-refractivity contribution in [2.24, 2.45) is 0 Å². The summed E-state index contributed by atoms with van der Waals surface area (Å²) in [4.78, 5) is 41.5. The molecule has 648 valence electrons. The Kier molecular flexibility index (Phi) is 27.2. The first-order valence-corrected chi connectivity index (χ1v) is 41.1. The van der Waals surface area contributed by atoms with Crippen molar-refractivity contribution in [2.75, 3.05) is 0 Å². The lowest BCUT2D eigenvalue weighted by Gasteiger charge is -2.24. The average Bonchev–Trinajstić information content (AvgIpc) is 0.857. The van der Waals surface area contributed by atoms with Crippen LogP contribution in [0.25, 0.3) is 65.7 Å². The van der Waals surface area contributed by atoms with Gasteiger partial charge in [0.15, 0.2) is 0 Å². The van der Waals surface area contributed by atoms with Gasteiger partial charge in [-0.15, -0.1) is 0 Å². The Morgan fingerprint density at radius 1 is 0.270 bits per heavy atom. The van der Waals surface area contributed by atoms with E-state index >= 15 is 0 Å². The van der Waals surface area contributed by atoms with Crippen molar-refractivity contribution in [3.63, 3.8) is 0 Å². The summed E-state index contributed by atoms with van der Waals surface area (Å²) in [6.45, 7) is 19.7. The van der Waals surface area contributed by atoms with E-state index in [1.54, 1.807) is 41.5 Å². The zero-order valence-corrected chi connectivity index (χ0v) is 71.1. The van der Waals surface area contributed by atoms with Gasteiger partial charge in [-0.3, -0.25) is 29.1 Å². The zero-order chi connectivity index (χ0) is 90.2. The molecule has 3 heterocycles. The molecule has 12 nitrogen and oxygen atoms in total. The summed E-state index contributed by atoms with van der Waals surface area (Å²) in [6, 6.07) is 90.2. The molecule has 21 heteroatoms. The summed E-state index contributed by atoms with van der Waals surface area (Å²) in [5.41, 5.74) is 14.2. The van der Waals surface area contributed by atoms with E-state index in [2.05, 4.69) is 87.5 Å². The Morgan fingerprint density at radius 2 is 0.556 bits per heavy atom. The summed E-state index contributed by atoms with van der Waals surface area (Å²) >= 11 is 0. The van der Waals surface area contributed by atoms with Crippen molar-refractivity contribution in [3.8, 4) is 33.4 Å². The van der Waals surface area contributed by atoms with Crippen LogP contribution in [0.15, 0.2) is 304 Å². The number of benzene rings is 12. The first kappa shape index (κ1) is 90.6. The third-order valence-corrected chi connectivity index (χ3v) is 23.3. The van der Waals surface area contributed by atoms with E-state index < -0.39 is 70.0 Å². The van der Waals surface area contributed by atoms with Gasteiger partial charge in [0.2, 0.25) is 17.3 Å². The molecule has 0 unspecified atom stereocenters. The van der Waals surface area contributed by atoms with Crippen LogP contribution in [0.2, 0.25) is 0 Å². The minimum absolute atomic E-state index is 0.186. The van der Waals surface area contributed by atoms with E-state index in [4.69, 9.17) is 13.3 Å². The molecule has 0 aliphatic rings. The van der Waals surface area contributed by atoms with Gasteiger partial charge >= 0.3 is 36.4 Å². The van der Waals surface area contributed by atoms with Gasteiger partial charge in [-0.05, 0) is 243 Å². The lowest BCUT2D eigenvalue weighted by Crippen LogP contribution is -2.28. The molecule has 15 aromatic rings. The minimum atomic E-state index is -4.55. The highest BCUT2D eigenvalue weighted by molar-refractivity contribution is 5.89. The summed E-state index contributed by atoms with van der Waals surface area (Å²) in [5.74, 6) is -4.98. The first-order chi connectivity index (χ1) is 59.7. The number of halogens is 9. The van der Waals surface area contributed by atoms with Gasteiger partial charge in [-0.1, -0.05) is 243 Å². The number of fused-ring (bicyclic) bond motifs is 3. The van der Waals surface area contributed by atoms with E-state index in [0.717, 1.165) is 134 Å². The zero-order valence-electron chi connectivity index (χ0n) is 71.1. The number of carboxylic acids is 3. The van der Waals surface area contributed by atoms with Crippen molar-refractivity contribution in [1.82, 2.24) is 14.7 Å². The lowest BCUT2D eigenvalue weighted by molar-refractivity contribution is -0.154. The van der Waals surface area contributed by atoms with Crippen molar-refractivity contribution in [1.29, 1.82) is 0 Å². The van der Waals surface area contributed by atoms with Gasteiger partial charge < -0.3 is 28.6 Å². The van der Waals surface area contributed by atoms with Crippen molar-refractivity contribution < 1.29 is 82.5 Å². The second-order valence-corrected chi connectivity index (χ2v) is 33.6. The number of nitrogens with zero attached hydrogens (tertiary/aromatic N) is 3. The van der Waals surface area contributed by atoms with Crippen LogP contribution < -0.4 is 0 Å². The van der Waals surface area contributed by atoms with Crippen molar-refractivity contribution in [2.45, 2.75) is 156 Å². The molecule has 0 bridgehead atoms. The summed E-state index contributed by atoms with van der Waals surface area (Å²) in [6.07, 6.45) is -13.6. The highest BCUT2D eigenvalue weighted by atomic mass is 19.4. The smallest absolute Gasteiger partial charge is 0.449 e. The molecule has 0 aliphatic carbocycles. The van der Waals surface area contributed by atoms with Gasteiger partial charge in [0, 0.05) is 39.3 Å². The summed E-state index contributed by atoms with van der Waals surface area (Å²) < 4.78 is 135. The average molecular weight is 1710 g/mol. The fourth-order valence-electron chi connectivity index (χ4n) is 15.5. The van der Waals surface area contributed by atoms with Gasteiger partial charge in [-0.25, -0.2) is 0 Å². The minimum Gasteiger partial charge on any atom is -0.481 e. The number of rotatable bonds is 27. The van der Waals surface area contributed by atoms with Gasteiger partial charge in [0.25, 0.3) is 0 Å². The Bertz CT molecular complexity index is 6390. The Morgan fingerprint density at radius 3 is 0.881 bits per heavy atom. The number of furan rings is 3. The van der Waals surface area contributed by atoms with Gasteiger partial charge in [0.1, 0.15) is 17.3 Å². The molecule has 0 fully saturated rings. The quantitative estimate of drug-likeness (QED) is 0.0419. The number of aryl methyl sites for hydroxylation is 3. The van der Waals surface area contributed by atoms with Crippen LogP contribution in [0.3, 0.4) is 0 Å². The highest BCUT2D eigenvalue weighted by Crippen LogP contribution is 2.39.